The Morgan fingerprint density at radius 1 is 1.06 bits per heavy atom. The second-order valence-electron chi connectivity index (χ2n) is 7.83. The van der Waals surface area contributed by atoms with Crippen molar-refractivity contribution in [2.45, 2.75) is 19.9 Å². The summed E-state index contributed by atoms with van der Waals surface area (Å²) < 4.78 is 10.6. The quantitative estimate of drug-likeness (QED) is 0.604. The smallest absolute Gasteiger partial charge is 0.317 e. The molecule has 1 saturated heterocycles. The monoisotopic (exact) mass is 474 g/mol. The van der Waals surface area contributed by atoms with Crippen molar-refractivity contribution < 1.29 is 19.1 Å². The molecule has 1 fully saturated rings. The van der Waals surface area contributed by atoms with E-state index in [-0.39, 0.29) is 18.0 Å². The number of ether oxygens (including phenoxy) is 2. The van der Waals surface area contributed by atoms with Crippen LogP contribution in [0.5, 0.6) is 11.5 Å². The van der Waals surface area contributed by atoms with Crippen LogP contribution in [0, 0.1) is 0 Å². The molecular weight excluding hydrogens is 440 g/mol. The fraction of sp³-hybridized carbons (Fsp3) is 0.500. The maximum absolute atomic E-state index is 13.0. The summed E-state index contributed by atoms with van der Waals surface area (Å²) in [6.07, 6.45) is 0. The van der Waals surface area contributed by atoms with Gasteiger partial charge in [0, 0.05) is 38.8 Å². The van der Waals surface area contributed by atoms with Crippen LogP contribution in [0.3, 0.4) is 0 Å². The summed E-state index contributed by atoms with van der Waals surface area (Å²) in [5.74, 6) is 1.01. The normalized spacial score (nSPS) is 14.8. The van der Waals surface area contributed by atoms with Crippen LogP contribution in [0.4, 0.5) is 4.79 Å². The topological polar surface area (TPSA) is 74.4 Å². The van der Waals surface area contributed by atoms with Gasteiger partial charge in [-0.25, -0.2) is 4.79 Å². The average molecular weight is 475 g/mol. The zero-order valence-corrected chi connectivity index (χ0v) is 20.7. The first kappa shape index (κ1) is 24.9. The molecule has 2 aromatic rings. The number of rotatable bonds is 9. The lowest BCUT2D eigenvalue weighted by atomic mass is 10.1. The summed E-state index contributed by atoms with van der Waals surface area (Å²) in [5.41, 5.74) is 1.72. The number of urea groups is 1. The highest BCUT2D eigenvalue weighted by molar-refractivity contribution is 7.08. The predicted octanol–water partition coefficient (Wildman–Crippen LogP) is 3.32. The molecule has 0 saturated carbocycles. The van der Waals surface area contributed by atoms with E-state index in [0.717, 1.165) is 13.1 Å². The summed E-state index contributed by atoms with van der Waals surface area (Å²) >= 11 is 1.67. The third-order valence-corrected chi connectivity index (χ3v) is 6.82. The molecule has 9 heteroatoms. The number of methoxy groups -OCH3 is 2. The van der Waals surface area contributed by atoms with Crippen LogP contribution in [0.1, 0.15) is 35.8 Å². The summed E-state index contributed by atoms with van der Waals surface area (Å²) in [6, 6.07) is 7.36. The van der Waals surface area contributed by atoms with Gasteiger partial charge in [0.05, 0.1) is 25.8 Å². The molecule has 1 unspecified atom stereocenters. The molecule has 1 N–H and O–H groups in total. The number of piperazine rings is 1. The van der Waals surface area contributed by atoms with Crippen molar-refractivity contribution in [3.05, 3.63) is 46.2 Å². The van der Waals surface area contributed by atoms with Gasteiger partial charge >= 0.3 is 6.03 Å². The van der Waals surface area contributed by atoms with Gasteiger partial charge < -0.3 is 24.6 Å². The maximum atomic E-state index is 13.0. The predicted molar refractivity (Wildman–Crippen MR) is 130 cm³/mol. The fourth-order valence-electron chi connectivity index (χ4n) is 4.14. The third-order valence-electron chi connectivity index (χ3n) is 6.12. The van der Waals surface area contributed by atoms with Gasteiger partial charge in [0.1, 0.15) is 11.5 Å². The number of amides is 3. The Hall–Kier alpha value is -2.78. The molecule has 0 bridgehead atoms. The van der Waals surface area contributed by atoms with Crippen LogP contribution < -0.4 is 14.8 Å². The van der Waals surface area contributed by atoms with Crippen LogP contribution >= 0.6 is 11.3 Å². The van der Waals surface area contributed by atoms with Gasteiger partial charge in [0.2, 0.25) is 0 Å². The molecule has 1 aliphatic rings. The van der Waals surface area contributed by atoms with Gasteiger partial charge in [-0.3, -0.25) is 9.69 Å². The number of hydrogen-bond acceptors (Lipinski definition) is 6. The van der Waals surface area contributed by atoms with Crippen molar-refractivity contribution in [1.82, 2.24) is 20.0 Å². The van der Waals surface area contributed by atoms with Gasteiger partial charge in [-0.15, -0.1) is 0 Å². The number of likely N-dealkylation sites (N-methyl/N-ethyl adjacent to an activating group) is 1. The SMILES string of the molecule is CCN(CC)C(CNC(=O)N1CCN(C(=O)c2ccc(OC)cc2OC)CC1)c1ccsc1. The van der Waals surface area contributed by atoms with E-state index in [1.807, 2.05) is 0 Å². The van der Waals surface area contributed by atoms with Crippen molar-refractivity contribution in [3.63, 3.8) is 0 Å². The molecule has 0 radical (unpaired) electrons. The van der Waals surface area contributed by atoms with Crippen molar-refractivity contribution >= 4 is 23.3 Å². The lowest BCUT2D eigenvalue weighted by molar-refractivity contribution is 0.0660. The van der Waals surface area contributed by atoms with E-state index in [2.05, 4.69) is 40.9 Å². The van der Waals surface area contributed by atoms with Crippen LogP contribution in [0.15, 0.2) is 35.0 Å². The standard InChI is InChI=1S/C24H34N4O4S/c1-5-26(6-2)21(18-9-14-33-17-18)16-25-24(30)28-12-10-27(11-13-28)23(29)20-8-7-19(31-3)15-22(20)32-4/h7-9,14-15,17,21H,5-6,10-13,16H2,1-4H3,(H,25,30). The number of nitrogens with zero attached hydrogens (tertiary/aromatic N) is 3. The molecule has 1 aromatic heterocycles. The zero-order chi connectivity index (χ0) is 23.8. The first-order valence-electron chi connectivity index (χ1n) is 11.3. The minimum absolute atomic E-state index is 0.0866. The second kappa shape index (κ2) is 11.9. The molecule has 8 nitrogen and oxygen atoms in total. The Kier molecular flexibility index (Phi) is 8.96. The largest absolute Gasteiger partial charge is 0.497 e. The van der Waals surface area contributed by atoms with Gasteiger partial charge in [-0.1, -0.05) is 13.8 Å². The summed E-state index contributed by atoms with van der Waals surface area (Å²) in [6.45, 7) is 8.60. The van der Waals surface area contributed by atoms with Crippen LogP contribution in [-0.4, -0.2) is 86.7 Å². The van der Waals surface area contributed by atoms with E-state index < -0.39 is 0 Å². The van der Waals surface area contributed by atoms with E-state index in [0.29, 0.717) is 49.8 Å². The fourth-order valence-corrected chi connectivity index (χ4v) is 4.85. The number of nitrogens with one attached hydrogen (secondary N) is 1. The Balaban J connectivity index is 1.56. The van der Waals surface area contributed by atoms with E-state index >= 15 is 0 Å². The number of benzene rings is 1. The van der Waals surface area contributed by atoms with Gasteiger partial charge in [0.25, 0.3) is 5.91 Å². The van der Waals surface area contributed by atoms with Gasteiger partial charge in [-0.2, -0.15) is 11.3 Å². The molecule has 180 valence electrons. The number of carbonyl (C=O) groups is 2. The van der Waals surface area contributed by atoms with Crippen molar-refractivity contribution in [2.24, 2.45) is 0 Å². The van der Waals surface area contributed by atoms with E-state index in [9.17, 15) is 9.59 Å². The zero-order valence-electron chi connectivity index (χ0n) is 19.9. The van der Waals surface area contributed by atoms with Gasteiger partial charge in [-0.05, 0) is 47.6 Å². The minimum atomic E-state index is -0.103. The number of thiophene rings is 1. The first-order chi connectivity index (χ1) is 16.0. The molecule has 1 atom stereocenters. The third kappa shape index (κ3) is 5.97. The Morgan fingerprint density at radius 3 is 2.33 bits per heavy atom. The molecule has 33 heavy (non-hydrogen) atoms. The highest BCUT2D eigenvalue weighted by atomic mass is 32.1. The molecule has 0 spiro atoms. The highest BCUT2D eigenvalue weighted by Gasteiger charge is 2.27. The van der Waals surface area contributed by atoms with Crippen LogP contribution in [-0.2, 0) is 0 Å². The molecule has 0 aliphatic carbocycles. The molecule has 1 aliphatic heterocycles. The lowest BCUT2D eigenvalue weighted by Gasteiger charge is -2.36. The van der Waals surface area contributed by atoms with Crippen molar-refractivity contribution in [2.75, 3.05) is 60.0 Å². The molecule has 3 rings (SSSR count). The molecule has 2 heterocycles. The van der Waals surface area contributed by atoms with Crippen LogP contribution in [0.2, 0.25) is 0 Å². The summed E-state index contributed by atoms with van der Waals surface area (Å²) in [5, 5.41) is 7.33. The van der Waals surface area contributed by atoms with Crippen molar-refractivity contribution in [1.29, 1.82) is 0 Å². The van der Waals surface area contributed by atoms with E-state index in [4.69, 9.17) is 9.47 Å². The number of hydrogen-bond donors (Lipinski definition) is 1. The van der Waals surface area contributed by atoms with E-state index in [1.54, 1.807) is 46.4 Å². The second-order valence-corrected chi connectivity index (χ2v) is 8.61. The number of carbonyl (C=O) groups excluding carboxylic acids is 2. The Morgan fingerprint density at radius 2 is 1.76 bits per heavy atom. The van der Waals surface area contributed by atoms with Crippen LogP contribution in [0.25, 0.3) is 0 Å². The van der Waals surface area contributed by atoms with Gasteiger partial charge in [0.15, 0.2) is 0 Å². The average Bonchev–Trinajstić information content (AvgIpc) is 3.40. The molecular formula is C24H34N4O4S. The van der Waals surface area contributed by atoms with Crippen molar-refractivity contribution in [3.8, 4) is 11.5 Å². The molecule has 3 amide bonds. The first-order valence-corrected chi connectivity index (χ1v) is 12.3. The van der Waals surface area contributed by atoms with E-state index in [1.165, 1.54) is 12.7 Å². The molecule has 1 aromatic carbocycles. The Labute approximate surface area is 200 Å². The summed E-state index contributed by atoms with van der Waals surface area (Å²) in [4.78, 5) is 31.8. The maximum Gasteiger partial charge on any atom is 0.317 e. The lowest BCUT2D eigenvalue weighted by Crippen LogP contribution is -2.54. The minimum Gasteiger partial charge on any atom is -0.497 e. The Bertz CT molecular complexity index is 909. The highest BCUT2D eigenvalue weighted by Crippen LogP contribution is 2.26. The summed E-state index contributed by atoms with van der Waals surface area (Å²) in [7, 11) is 3.11.